The van der Waals surface area contributed by atoms with Crippen LogP contribution in [0.3, 0.4) is 0 Å². The molecule has 0 fully saturated rings. The molecule has 0 spiro atoms. The molecule has 0 aromatic carbocycles. The van der Waals surface area contributed by atoms with Crippen LogP contribution >= 0.6 is 15.9 Å². The number of H-pyrrole nitrogens is 1. The van der Waals surface area contributed by atoms with Gasteiger partial charge in [-0.15, -0.1) is 0 Å². The molecule has 0 aliphatic carbocycles. The number of nitrogens with zero attached hydrogens (tertiary/aromatic N) is 3. The van der Waals surface area contributed by atoms with Crippen molar-refractivity contribution in [3.05, 3.63) is 33.0 Å². The molecule has 0 radical (unpaired) electrons. The number of rotatable bonds is 3. The fourth-order valence-electron chi connectivity index (χ4n) is 1.63. The monoisotopic (exact) mass is 296 g/mol. The van der Waals surface area contributed by atoms with Gasteiger partial charge in [0.1, 0.15) is 10.2 Å². The Morgan fingerprint density at radius 2 is 2.24 bits per heavy atom. The summed E-state index contributed by atoms with van der Waals surface area (Å²) in [6.45, 7) is 4.77. The quantitative estimate of drug-likeness (QED) is 0.942. The minimum Gasteiger partial charge on any atom is -0.328 e. The second-order valence-corrected chi connectivity index (χ2v) is 4.39. The summed E-state index contributed by atoms with van der Waals surface area (Å²) in [5.74, 6) is 0.564. The van der Waals surface area contributed by atoms with Crippen molar-refractivity contribution >= 4 is 15.9 Å². The van der Waals surface area contributed by atoms with E-state index in [1.54, 1.807) is 12.5 Å². The molecule has 2 rings (SSSR count). The summed E-state index contributed by atoms with van der Waals surface area (Å²) in [6, 6.07) is 0. The third-order valence-electron chi connectivity index (χ3n) is 2.56. The van der Waals surface area contributed by atoms with Gasteiger partial charge in [0, 0.05) is 6.54 Å². The normalized spacial score (nSPS) is 10.8. The molecule has 0 amide bonds. The fourth-order valence-corrected chi connectivity index (χ4v) is 2.10. The maximum atomic E-state index is 11.7. The van der Waals surface area contributed by atoms with Crippen molar-refractivity contribution in [2.45, 2.75) is 26.8 Å². The van der Waals surface area contributed by atoms with Gasteiger partial charge >= 0.3 is 0 Å². The Morgan fingerprint density at radius 1 is 1.47 bits per heavy atom. The molecule has 17 heavy (non-hydrogen) atoms. The van der Waals surface area contributed by atoms with E-state index >= 15 is 0 Å². The first-order chi connectivity index (χ1) is 8.17. The Morgan fingerprint density at radius 3 is 2.88 bits per heavy atom. The van der Waals surface area contributed by atoms with Gasteiger partial charge in [-0.25, -0.2) is 9.97 Å². The Kier molecular flexibility index (Phi) is 3.42. The molecule has 0 aliphatic heterocycles. The first-order valence-electron chi connectivity index (χ1n) is 5.46. The number of hydrogen-bond donors (Lipinski definition) is 1. The molecule has 2 heterocycles. The molecule has 6 heteroatoms. The van der Waals surface area contributed by atoms with Gasteiger partial charge in [0.05, 0.1) is 18.2 Å². The SMILES string of the molecule is CCc1nc(-c2cncn2CC)[nH]c(=O)c1Br. The molecule has 2 aromatic heterocycles. The first kappa shape index (κ1) is 12.0. The van der Waals surface area contributed by atoms with Crippen LogP contribution in [0.25, 0.3) is 11.5 Å². The number of nitrogens with one attached hydrogen (secondary N) is 1. The van der Waals surface area contributed by atoms with E-state index in [0.29, 0.717) is 16.7 Å². The third kappa shape index (κ3) is 2.17. The van der Waals surface area contributed by atoms with E-state index in [2.05, 4.69) is 30.9 Å². The minimum atomic E-state index is -0.157. The van der Waals surface area contributed by atoms with Gasteiger partial charge < -0.3 is 9.55 Å². The highest BCUT2D eigenvalue weighted by Crippen LogP contribution is 2.16. The zero-order valence-corrected chi connectivity index (χ0v) is 11.3. The van der Waals surface area contributed by atoms with Crippen LogP contribution < -0.4 is 5.56 Å². The number of hydrogen-bond acceptors (Lipinski definition) is 3. The molecule has 0 aliphatic rings. The summed E-state index contributed by atoms with van der Waals surface area (Å²) in [6.07, 6.45) is 4.13. The van der Waals surface area contributed by atoms with Crippen LogP contribution in [0.15, 0.2) is 21.8 Å². The van der Waals surface area contributed by atoms with Gasteiger partial charge in [-0.05, 0) is 29.3 Å². The smallest absolute Gasteiger partial charge is 0.265 e. The second-order valence-electron chi connectivity index (χ2n) is 3.59. The number of aromatic amines is 1. The van der Waals surface area contributed by atoms with Crippen LogP contribution in [-0.4, -0.2) is 19.5 Å². The van der Waals surface area contributed by atoms with E-state index in [1.165, 1.54) is 0 Å². The lowest BCUT2D eigenvalue weighted by Crippen LogP contribution is -2.14. The standard InChI is InChI=1S/C11H13BrN4O/c1-3-7-9(12)11(17)15-10(14-7)8-5-13-6-16(8)4-2/h5-6H,3-4H2,1-2H3,(H,14,15,17). The van der Waals surface area contributed by atoms with Crippen LogP contribution in [0.4, 0.5) is 0 Å². The molecule has 5 nitrogen and oxygen atoms in total. The molecule has 0 atom stereocenters. The maximum absolute atomic E-state index is 11.7. The molecule has 0 saturated carbocycles. The van der Waals surface area contributed by atoms with Crippen molar-refractivity contribution in [3.63, 3.8) is 0 Å². The molecule has 2 aromatic rings. The molecule has 1 N–H and O–H groups in total. The number of aryl methyl sites for hydroxylation is 2. The highest BCUT2D eigenvalue weighted by Gasteiger charge is 2.11. The van der Waals surface area contributed by atoms with Crippen molar-refractivity contribution in [2.75, 3.05) is 0 Å². The van der Waals surface area contributed by atoms with Crippen molar-refractivity contribution in [3.8, 4) is 11.5 Å². The minimum absolute atomic E-state index is 0.157. The van der Waals surface area contributed by atoms with Crippen LogP contribution in [0, 0.1) is 0 Å². The number of aromatic nitrogens is 4. The maximum Gasteiger partial charge on any atom is 0.265 e. The van der Waals surface area contributed by atoms with Crippen molar-refractivity contribution < 1.29 is 0 Å². The largest absolute Gasteiger partial charge is 0.328 e. The van der Waals surface area contributed by atoms with Gasteiger partial charge in [0.15, 0.2) is 5.82 Å². The highest BCUT2D eigenvalue weighted by atomic mass is 79.9. The number of imidazole rings is 1. The van der Waals surface area contributed by atoms with Crippen LogP contribution in [0.2, 0.25) is 0 Å². The lowest BCUT2D eigenvalue weighted by molar-refractivity contribution is 0.761. The summed E-state index contributed by atoms with van der Waals surface area (Å²) in [4.78, 5) is 23.0. The van der Waals surface area contributed by atoms with Crippen LogP contribution in [0.5, 0.6) is 0 Å². The molecule has 90 valence electrons. The Balaban J connectivity index is 2.61. The zero-order chi connectivity index (χ0) is 12.4. The summed E-state index contributed by atoms with van der Waals surface area (Å²) < 4.78 is 2.44. The topological polar surface area (TPSA) is 63.6 Å². The molecule has 0 unspecified atom stereocenters. The lowest BCUT2D eigenvalue weighted by atomic mass is 10.3. The van der Waals surface area contributed by atoms with Gasteiger partial charge in [0.25, 0.3) is 5.56 Å². The van der Waals surface area contributed by atoms with E-state index in [1.807, 2.05) is 18.4 Å². The molecule has 0 saturated heterocycles. The summed E-state index contributed by atoms with van der Waals surface area (Å²) >= 11 is 3.24. The van der Waals surface area contributed by atoms with Crippen molar-refractivity contribution in [2.24, 2.45) is 0 Å². The first-order valence-corrected chi connectivity index (χ1v) is 6.25. The van der Waals surface area contributed by atoms with E-state index in [4.69, 9.17) is 0 Å². The van der Waals surface area contributed by atoms with Crippen LogP contribution in [0.1, 0.15) is 19.5 Å². The third-order valence-corrected chi connectivity index (χ3v) is 3.38. The average molecular weight is 297 g/mol. The Bertz CT molecular complexity index is 587. The van der Waals surface area contributed by atoms with E-state index in [9.17, 15) is 4.79 Å². The Labute approximate surface area is 107 Å². The van der Waals surface area contributed by atoms with E-state index in [-0.39, 0.29) is 5.56 Å². The van der Waals surface area contributed by atoms with Crippen LogP contribution in [-0.2, 0) is 13.0 Å². The summed E-state index contributed by atoms with van der Waals surface area (Å²) in [7, 11) is 0. The number of halogens is 1. The van der Waals surface area contributed by atoms with Gasteiger partial charge in [-0.1, -0.05) is 6.92 Å². The Hall–Kier alpha value is -1.43. The van der Waals surface area contributed by atoms with Gasteiger partial charge in [-0.2, -0.15) is 0 Å². The zero-order valence-electron chi connectivity index (χ0n) is 9.70. The van der Waals surface area contributed by atoms with Crippen molar-refractivity contribution in [1.82, 2.24) is 19.5 Å². The van der Waals surface area contributed by atoms with E-state index in [0.717, 1.165) is 17.9 Å². The average Bonchev–Trinajstić information content (AvgIpc) is 2.80. The van der Waals surface area contributed by atoms with E-state index < -0.39 is 0 Å². The summed E-state index contributed by atoms with van der Waals surface area (Å²) in [5, 5.41) is 0. The highest BCUT2D eigenvalue weighted by molar-refractivity contribution is 9.10. The summed E-state index contributed by atoms with van der Waals surface area (Å²) in [5.41, 5.74) is 1.43. The van der Waals surface area contributed by atoms with Gasteiger partial charge in [-0.3, -0.25) is 4.79 Å². The predicted octanol–water partition coefficient (Wildman–Crippen LogP) is 1.98. The fraction of sp³-hybridized carbons (Fsp3) is 0.364. The molecular weight excluding hydrogens is 284 g/mol. The lowest BCUT2D eigenvalue weighted by Gasteiger charge is -2.06. The molecule has 0 bridgehead atoms. The predicted molar refractivity (Wildman–Crippen MR) is 68.8 cm³/mol. The van der Waals surface area contributed by atoms with Gasteiger partial charge in [0.2, 0.25) is 0 Å². The van der Waals surface area contributed by atoms with Crippen molar-refractivity contribution in [1.29, 1.82) is 0 Å². The second kappa shape index (κ2) is 4.83. The molecular formula is C11H13BrN4O.